The van der Waals surface area contributed by atoms with Gasteiger partial charge in [0.05, 0.1) is 15.0 Å². The van der Waals surface area contributed by atoms with Crippen molar-refractivity contribution in [2.24, 2.45) is 5.92 Å². The number of hydrogen-bond acceptors (Lipinski definition) is 4. The Labute approximate surface area is 133 Å². The van der Waals surface area contributed by atoms with Crippen LogP contribution >= 0.6 is 27.3 Å². The van der Waals surface area contributed by atoms with Gasteiger partial charge in [-0.15, -0.1) is 11.3 Å². The van der Waals surface area contributed by atoms with Crippen molar-refractivity contribution in [3.8, 4) is 10.7 Å². The summed E-state index contributed by atoms with van der Waals surface area (Å²) in [6.07, 6.45) is 2.02. The normalized spacial score (nSPS) is 11.1. The Balaban J connectivity index is 2.42. The monoisotopic (exact) mass is 353 g/mol. The van der Waals surface area contributed by atoms with E-state index in [2.05, 4.69) is 58.4 Å². The van der Waals surface area contributed by atoms with Gasteiger partial charge in [-0.1, -0.05) is 26.8 Å². The van der Waals surface area contributed by atoms with Gasteiger partial charge in [0.1, 0.15) is 5.82 Å². The van der Waals surface area contributed by atoms with Crippen LogP contribution in [0.4, 0.5) is 5.82 Å². The Kier molecular flexibility index (Phi) is 5.54. The Morgan fingerprint density at radius 1 is 1.35 bits per heavy atom. The smallest absolute Gasteiger partial charge is 0.171 e. The number of thiophene rings is 1. The van der Waals surface area contributed by atoms with Crippen LogP contribution in [0.5, 0.6) is 0 Å². The number of nitrogens with zero attached hydrogens (tertiary/aromatic N) is 2. The maximum absolute atomic E-state index is 4.74. The molecule has 0 spiro atoms. The topological polar surface area (TPSA) is 37.8 Å². The van der Waals surface area contributed by atoms with E-state index in [4.69, 9.17) is 4.98 Å². The minimum absolute atomic E-state index is 0.566. The van der Waals surface area contributed by atoms with E-state index in [0.29, 0.717) is 5.92 Å². The van der Waals surface area contributed by atoms with Gasteiger partial charge in [0, 0.05) is 6.54 Å². The molecular formula is C15H20BrN3S. The first-order chi connectivity index (χ1) is 9.61. The van der Waals surface area contributed by atoms with Crippen LogP contribution in [-0.2, 0) is 6.42 Å². The van der Waals surface area contributed by atoms with Crippen LogP contribution in [0, 0.1) is 5.92 Å². The number of anilines is 1. The summed E-state index contributed by atoms with van der Waals surface area (Å²) in [5.41, 5.74) is 1.08. The van der Waals surface area contributed by atoms with E-state index >= 15 is 0 Å². The van der Waals surface area contributed by atoms with Crippen molar-refractivity contribution in [1.82, 2.24) is 9.97 Å². The zero-order valence-electron chi connectivity index (χ0n) is 12.1. The van der Waals surface area contributed by atoms with E-state index in [0.717, 1.165) is 46.1 Å². The third-order valence-electron chi connectivity index (χ3n) is 2.81. The minimum Gasteiger partial charge on any atom is -0.369 e. The maximum Gasteiger partial charge on any atom is 0.171 e. The summed E-state index contributed by atoms with van der Waals surface area (Å²) in [4.78, 5) is 10.5. The van der Waals surface area contributed by atoms with Gasteiger partial charge in [-0.2, -0.15) is 0 Å². The summed E-state index contributed by atoms with van der Waals surface area (Å²) < 4.78 is 1.000. The highest BCUT2D eigenvalue weighted by Crippen LogP contribution is 2.30. The summed E-state index contributed by atoms with van der Waals surface area (Å²) in [5.74, 6) is 2.29. The lowest BCUT2D eigenvalue weighted by Crippen LogP contribution is -2.08. The highest BCUT2D eigenvalue weighted by molar-refractivity contribution is 9.10. The molecule has 2 aromatic rings. The molecule has 0 radical (unpaired) electrons. The molecule has 3 nitrogen and oxygen atoms in total. The molecule has 0 aliphatic rings. The maximum atomic E-state index is 4.74. The number of halogens is 1. The molecule has 0 fully saturated rings. The van der Waals surface area contributed by atoms with Gasteiger partial charge >= 0.3 is 0 Å². The van der Waals surface area contributed by atoms with Gasteiger partial charge in [0.25, 0.3) is 0 Å². The predicted octanol–water partition coefficient (Wildman–Crippen LogP) is 4.99. The SMILES string of the molecule is CCCNc1nc(-c2cccs2)nc(CC(C)C)c1Br. The fourth-order valence-corrected chi connectivity index (χ4v) is 3.03. The van der Waals surface area contributed by atoms with Gasteiger partial charge in [0.15, 0.2) is 5.82 Å². The highest BCUT2D eigenvalue weighted by Gasteiger charge is 2.14. The zero-order chi connectivity index (χ0) is 14.5. The van der Waals surface area contributed by atoms with Crippen LogP contribution in [-0.4, -0.2) is 16.5 Å². The summed E-state index contributed by atoms with van der Waals surface area (Å²) in [6, 6.07) is 4.10. The minimum atomic E-state index is 0.566. The summed E-state index contributed by atoms with van der Waals surface area (Å²) in [7, 11) is 0. The second-order valence-electron chi connectivity index (χ2n) is 5.16. The lowest BCUT2D eigenvalue weighted by Gasteiger charge is -2.13. The van der Waals surface area contributed by atoms with Crippen molar-refractivity contribution >= 4 is 33.1 Å². The molecule has 2 heterocycles. The first-order valence-corrected chi connectivity index (χ1v) is 8.63. The molecule has 2 rings (SSSR count). The van der Waals surface area contributed by atoms with Crippen molar-refractivity contribution in [2.45, 2.75) is 33.6 Å². The quantitative estimate of drug-likeness (QED) is 0.794. The van der Waals surface area contributed by atoms with Crippen molar-refractivity contribution in [3.63, 3.8) is 0 Å². The molecule has 2 aromatic heterocycles. The molecule has 0 aliphatic heterocycles. The summed E-state index contributed by atoms with van der Waals surface area (Å²) in [6.45, 7) is 7.48. The molecule has 5 heteroatoms. The summed E-state index contributed by atoms with van der Waals surface area (Å²) >= 11 is 5.33. The highest BCUT2D eigenvalue weighted by atomic mass is 79.9. The van der Waals surface area contributed by atoms with E-state index in [1.54, 1.807) is 11.3 Å². The van der Waals surface area contributed by atoms with E-state index in [1.807, 2.05) is 6.07 Å². The molecule has 0 aromatic carbocycles. The van der Waals surface area contributed by atoms with Gasteiger partial charge in [0.2, 0.25) is 0 Å². The molecule has 108 valence electrons. The van der Waals surface area contributed by atoms with E-state index < -0.39 is 0 Å². The predicted molar refractivity (Wildman–Crippen MR) is 90.4 cm³/mol. The first-order valence-electron chi connectivity index (χ1n) is 6.96. The van der Waals surface area contributed by atoms with Gasteiger partial charge in [-0.05, 0) is 46.1 Å². The number of aromatic nitrogens is 2. The summed E-state index contributed by atoms with van der Waals surface area (Å²) in [5, 5.41) is 5.44. The number of nitrogens with one attached hydrogen (secondary N) is 1. The van der Waals surface area contributed by atoms with Gasteiger partial charge in [-0.3, -0.25) is 0 Å². The van der Waals surface area contributed by atoms with Crippen molar-refractivity contribution in [2.75, 3.05) is 11.9 Å². The average Bonchev–Trinajstić information content (AvgIpc) is 2.93. The van der Waals surface area contributed by atoms with E-state index in [9.17, 15) is 0 Å². The third kappa shape index (κ3) is 3.79. The van der Waals surface area contributed by atoms with Crippen LogP contribution < -0.4 is 5.32 Å². The fraction of sp³-hybridized carbons (Fsp3) is 0.467. The third-order valence-corrected chi connectivity index (χ3v) is 4.50. The molecule has 0 aliphatic carbocycles. The lowest BCUT2D eigenvalue weighted by atomic mass is 10.1. The van der Waals surface area contributed by atoms with Crippen molar-refractivity contribution in [1.29, 1.82) is 0 Å². The fourth-order valence-electron chi connectivity index (χ4n) is 1.89. The van der Waals surface area contributed by atoms with Crippen molar-refractivity contribution in [3.05, 3.63) is 27.7 Å². The number of rotatable bonds is 6. The van der Waals surface area contributed by atoms with Crippen LogP contribution in [0.1, 0.15) is 32.9 Å². The molecule has 0 bridgehead atoms. The Bertz CT molecular complexity index is 552. The molecule has 0 unspecified atom stereocenters. The Morgan fingerprint density at radius 3 is 2.75 bits per heavy atom. The molecule has 0 atom stereocenters. The molecule has 1 N–H and O–H groups in total. The second-order valence-corrected chi connectivity index (χ2v) is 6.90. The van der Waals surface area contributed by atoms with Gasteiger partial charge in [-0.25, -0.2) is 9.97 Å². The first kappa shape index (κ1) is 15.4. The van der Waals surface area contributed by atoms with Crippen LogP contribution in [0.2, 0.25) is 0 Å². The van der Waals surface area contributed by atoms with Crippen LogP contribution in [0.3, 0.4) is 0 Å². The number of hydrogen-bond donors (Lipinski definition) is 1. The molecule has 20 heavy (non-hydrogen) atoms. The largest absolute Gasteiger partial charge is 0.369 e. The second kappa shape index (κ2) is 7.18. The van der Waals surface area contributed by atoms with Crippen LogP contribution in [0.25, 0.3) is 10.7 Å². The Hall–Kier alpha value is -0.940. The zero-order valence-corrected chi connectivity index (χ0v) is 14.5. The Morgan fingerprint density at radius 2 is 2.15 bits per heavy atom. The molecule has 0 saturated carbocycles. The molecular weight excluding hydrogens is 334 g/mol. The van der Waals surface area contributed by atoms with Gasteiger partial charge < -0.3 is 5.32 Å². The molecule has 0 saturated heterocycles. The standard InChI is InChI=1S/C15H20BrN3S/c1-4-7-17-15-13(16)11(9-10(2)3)18-14(19-15)12-6-5-8-20-12/h5-6,8,10H,4,7,9H2,1-3H3,(H,17,18,19). The van der Waals surface area contributed by atoms with E-state index in [1.165, 1.54) is 0 Å². The van der Waals surface area contributed by atoms with Crippen LogP contribution in [0.15, 0.2) is 22.0 Å². The lowest BCUT2D eigenvalue weighted by molar-refractivity contribution is 0.632. The van der Waals surface area contributed by atoms with E-state index in [-0.39, 0.29) is 0 Å². The average molecular weight is 354 g/mol. The molecule has 0 amide bonds. The van der Waals surface area contributed by atoms with Crippen molar-refractivity contribution < 1.29 is 0 Å².